The summed E-state index contributed by atoms with van der Waals surface area (Å²) in [7, 11) is 0. The molecule has 0 aromatic carbocycles. The maximum atomic E-state index is 12.8. The first-order chi connectivity index (χ1) is 22.3. The third kappa shape index (κ3) is 20.3. The smallest absolute Gasteiger partial charge is 0.220 e. The number of hydrogen-bond acceptors (Lipinski definition) is 8. The van der Waals surface area contributed by atoms with Crippen LogP contribution in [-0.2, 0) is 14.3 Å². The van der Waals surface area contributed by atoms with Crippen LogP contribution in [0.25, 0.3) is 0 Å². The van der Waals surface area contributed by atoms with Crippen molar-refractivity contribution in [2.45, 2.75) is 204 Å². The molecule has 9 heteroatoms. The number of hydrogen-bond donors (Lipinski definition) is 6. The zero-order chi connectivity index (χ0) is 33.8. The average Bonchev–Trinajstić information content (AvgIpc) is 3.05. The van der Waals surface area contributed by atoms with Crippen molar-refractivity contribution in [1.29, 1.82) is 0 Å². The first kappa shape index (κ1) is 43.0. The van der Waals surface area contributed by atoms with Crippen molar-refractivity contribution < 1.29 is 39.8 Å². The van der Waals surface area contributed by atoms with E-state index in [-0.39, 0.29) is 12.5 Å². The lowest BCUT2D eigenvalue weighted by molar-refractivity contribution is -0.302. The second-order valence-electron chi connectivity index (χ2n) is 13.4. The van der Waals surface area contributed by atoms with E-state index in [9.17, 15) is 30.3 Å². The molecule has 9 nitrogen and oxygen atoms in total. The fourth-order valence-corrected chi connectivity index (χ4v) is 5.98. The predicted octanol–water partition coefficient (Wildman–Crippen LogP) is 6.22. The molecule has 1 rings (SSSR count). The van der Waals surface area contributed by atoms with Gasteiger partial charge in [0.05, 0.1) is 25.4 Å². The van der Waals surface area contributed by atoms with Crippen LogP contribution < -0.4 is 5.32 Å². The summed E-state index contributed by atoms with van der Waals surface area (Å²) in [5, 5.41) is 53.9. The van der Waals surface area contributed by atoms with Crippen LogP contribution in [0, 0.1) is 0 Å². The highest BCUT2D eigenvalue weighted by Gasteiger charge is 2.44. The lowest BCUT2D eigenvalue weighted by Crippen LogP contribution is -2.60. The van der Waals surface area contributed by atoms with Gasteiger partial charge in [0, 0.05) is 6.42 Å². The summed E-state index contributed by atoms with van der Waals surface area (Å²) in [4.78, 5) is 12.8. The van der Waals surface area contributed by atoms with Gasteiger partial charge in [0.15, 0.2) is 6.29 Å². The molecule has 1 aliphatic rings. The molecule has 272 valence electrons. The molecule has 46 heavy (non-hydrogen) atoms. The van der Waals surface area contributed by atoms with E-state index in [1.165, 1.54) is 89.9 Å². The number of aliphatic hydroxyl groups is 5. The minimum Gasteiger partial charge on any atom is -0.394 e. The van der Waals surface area contributed by atoms with E-state index < -0.39 is 49.5 Å². The Bertz CT molecular complexity index is 736. The van der Waals surface area contributed by atoms with Crippen molar-refractivity contribution in [3.05, 3.63) is 12.2 Å². The molecule has 0 aromatic heterocycles. The average molecular weight is 658 g/mol. The number of nitrogens with one attached hydrogen (secondary N) is 1. The molecule has 1 heterocycles. The number of rotatable bonds is 30. The molecule has 0 saturated carbocycles. The number of unbranched alkanes of at least 4 members (excludes halogenated alkanes) is 18. The van der Waals surface area contributed by atoms with Crippen molar-refractivity contribution in [2.24, 2.45) is 0 Å². The number of allylic oxidation sites excluding steroid dienone is 2. The minimum atomic E-state index is -1.55. The van der Waals surface area contributed by atoms with E-state index in [1.807, 2.05) is 0 Å². The summed E-state index contributed by atoms with van der Waals surface area (Å²) in [5.74, 6) is -0.159. The maximum Gasteiger partial charge on any atom is 0.220 e. The van der Waals surface area contributed by atoms with Gasteiger partial charge in [-0.05, 0) is 38.5 Å². The Kier molecular flexibility index (Phi) is 27.0. The van der Waals surface area contributed by atoms with E-state index in [0.717, 1.165) is 44.9 Å². The molecule has 0 spiro atoms. The molecule has 0 aliphatic carbocycles. The van der Waals surface area contributed by atoms with Gasteiger partial charge in [0.2, 0.25) is 5.91 Å². The van der Waals surface area contributed by atoms with Gasteiger partial charge in [0.25, 0.3) is 0 Å². The highest BCUT2D eigenvalue weighted by molar-refractivity contribution is 5.76. The van der Waals surface area contributed by atoms with Gasteiger partial charge in [-0.1, -0.05) is 129 Å². The van der Waals surface area contributed by atoms with Gasteiger partial charge in [-0.25, -0.2) is 0 Å². The Balaban J connectivity index is 2.45. The van der Waals surface area contributed by atoms with Crippen LogP contribution in [0.4, 0.5) is 0 Å². The Morgan fingerprint density at radius 3 is 1.76 bits per heavy atom. The largest absolute Gasteiger partial charge is 0.394 e. The molecule has 1 amide bonds. The summed E-state index contributed by atoms with van der Waals surface area (Å²) < 4.78 is 11.2. The van der Waals surface area contributed by atoms with Crippen molar-refractivity contribution in [3.8, 4) is 0 Å². The molecule has 7 atom stereocenters. The lowest BCUT2D eigenvalue weighted by atomic mass is 9.99. The molecule has 0 radical (unpaired) electrons. The maximum absolute atomic E-state index is 12.8. The first-order valence-corrected chi connectivity index (χ1v) is 18.9. The molecule has 1 saturated heterocycles. The SMILES string of the molecule is CCCCCCCCCC/C=C/CCCC[C@@H](O)[C@H](CO[C@@H]1O[C@H](CO)[C@@H](O)C(O)C1O)NC(=O)CCCCCCCCCCC. The third-order valence-electron chi connectivity index (χ3n) is 9.12. The summed E-state index contributed by atoms with van der Waals surface area (Å²) in [5.41, 5.74) is 0. The van der Waals surface area contributed by atoms with E-state index in [2.05, 4.69) is 31.3 Å². The Hall–Kier alpha value is -1.07. The highest BCUT2D eigenvalue weighted by atomic mass is 16.7. The number of amides is 1. The van der Waals surface area contributed by atoms with Crippen LogP contribution in [0.3, 0.4) is 0 Å². The second kappa shape index (κ2) is 28.9. The quantitative estimate of drug-likeness (QED) is 0.0394. The Morgan fingerprint density at radius 2 is 1.22 bits per heavy atom. The van der Waals surface area contributed by atoms with Gasteiger partial charge in [0.1, 0.15) is 24.4 Å². The van der Waals surface area contributed by atoms with Crippen LogP contribution in [0.15, 0.2) is 12.2 Å². The number of carbonyl (C=O) groups excluding carboxylic acids is 1. The summed E-state index contributed by atoms with van der Waals surface area (Å²) in [6.45, 7) is 3.76. The van der Waals surface area contributed by atoms with Gasteiger partial charge < -0.3 is 40.3 Å². The van der Waals surface area contributed by atoms with Gasteiger partial charge in [-0.15, -0.1) is 0 Å². The molecule has 2 unspecified atom stereocenters. The normalized spacial score (nSPS) is 23.2. The first-order valence-electron chi connectivity index (χ1n) is 18.9. The van der Waals surface area contributed by atoms with Gasteiger partial charge in [-0.2, -0.15) is 0 Å². The molecular weight excluding hydrogens is 586 g/mol. The van der Waals surface area contributed by atoms with Gasteiger partial charge >= 0.3 is 0 Å². The molecule has 0 aromatic rings. The Morgan fingerprint density at radius 1 is 0.717 bits per heavy atom. The zero-order valence-corrected chi connectivity index (χ0v) is 29.3. The lowest BCUT2D eigenvalue weighted by Gasteiger charge is -2.40. The number of ether oxygens (including phenoxy) is 2. The van der Waals surface area contributed by atoms with E-state index >= 15 is 0 Å². The van der Waals surface area contributed by atoms with Crippen LogP contribution in [0.1, 0.15) is 162 Å². The van der Waals surface area contributed by atoms with Crippen LogP contribution in [0.2, 0.25) is 0 Å². The highest BCUT2D eigenvalue weighted by Crippen LogP contribution is 2.23. The molecule has 6 N–H and O–H groups in total. The van der Waals surface area contributed by atoms with E-state index in [4.69, 9.17) is 9.47 Å². The van der Waals surface area contributed by atoms with Crippen molar-refractivity contribution in [3.63, 3.8) is 0 Å². The molecular formula is C37H71NO8. The molecule has 1 aliphatic heterocycles. The minimum absolute atomic E-state index is 0.147. The monoisotopic (exact) mass is 658 g/mol. The topological polar surface area (TPSA) is 149 Å². The fourth-order valence-electron chi connectivity index (χ4n) is 5.98. The van der Waals surface area contributed by atoms with Crippen molar-refractivity contribution >= 4 is 5.91 Å². The summed E-state index contributed by atoms with van der Waals surface area (Å²) in [6.07, 6.45) is 22.3. The number of aliphatic hydroxyl groups excluding tert-OH is 5. The van der Waals surface area contributed by atoms with Crippen LogP contribution in [0.5, 0.6) is 0 Å². The summed E-state index contributed by atoms with van der Waals surface area (Å²) >= 11 is 0. The van der Waals surface area contributed by atoms with Gasteiger partial charge in [-0.3, -0.25) is 4.79 Å². The Labute approximate surface area is 280 Å². The number of carbonyl (C=O) groups is 1. The second-order valence-corrected chi connectivity index (χ2v) is 13.4. The van der Waals surface area contributed by atoms with E-state index in [1.54, 1.807) is 0 Å². The standard InChI is InChI=1S/C37H71NO8/c1-3-5-7-9-11-13-14-15-16-17-19-20-22-24-26-31(40)30(29-45-37-36(44)35(43)34(42)32(28-39)46-37)38-33(41)27-25-23-21-18-12-10-8-6-4-2/h17,19,30-32,34-37,39-40,42-44H,3-16,18,20-29H2,1-2H3,(H,38,41)/b19-17+/t30-,31+,32+,34+,35?,36?,37+/m0/s1. The predicted molar refractivity (Wildman–Crippen MR) is 184 cm³/mol. The molecule has 1 fully saturated rings. The van der Waals surface area contributed by atoms with Crippen LogP contribution in [-0.4, -0.2) is 87.5 Å². The van der Waals surface area contributed by atoms with E-state index in [0.29, 0.717) is 12.8 Å². The summed E-state index contributed by atoms with van der Waals surface area (Å²) in [6, 6.07) is -0.726. The molecule has 0 bridgehead atoms. The van der Waals surface area contributed by atoms with Crippen LogP contribution >= 0.6 is 0 Å². The van der Waals surface area contributed by atoms with Crippen molar-refractivity contribution in [2.75, 3.05) is 13.2 Å². The fraction of sp³-hybridized carbons (Fsp3) is 0.919. The van der Waals surface area contributed by atoms with Crippen molar-refractivity contribution in [1.82, 2.24) is 5.32 Å². The third-order valence-corrected chi connectivity index (χ3v) is 9.12. The zero-order valence-electron chi connectivity index (χ0n) is 29.3.